The molecule has 1 aromatic heterocycles. The third kappa shape index (κ3) is 4.05. The summed E-state index contributed by atoms with van der Waals surface area (Å²) < 4.78 is 12.8. The van der Waals surface area contributed by atoms with Gasteiger partial charge in [0.05, 0.1) is 22.5 Å². The first-order valence-corrected chi connectivity index (χ1v) is 9.82. The van der Waals surface area contributed by atoms with E-state index in [2.05, 4.69) is 24.1 Å². The minimum atomic E-state index is -1.20. The Bertz CT molecular complexity index is 951. The van der Waals surface area contributed by atoms with E-state index in [1.54, 1.807) is 7.11 Å². The number of nitrogens with zero attached hydrogens (tertiary/aromatic N) is 1. The first-order valence-electron chi connectivity index (χ1n) is 9.32. The minimum absolute atomic E-state index is 0.0774. The molecule has 3 rings (SSSR count). The highest BCUT2D eigenvalue weighted by molar-refractivity contribution is 6.34. The van der Waals surface area contributed by atoms with Crippen LogP contribution in [-0.4, -0.2) is 46.2 Å². The fraction of sp³-hybridized carbons (Fsp3) is 0.429. The van der Waals surface area contributed by atoms with Gasteiger partial charge in [-0.15, -0.1) is 0 Å². The second-order valence-corrected chi connectivity index (χ2v) is 8.02. The number of pyridine rings is 1. The molecule has 28 heavy (non-hydrogen) atoms. The highest BCUT2D eigenvalue weighted by Crippen LogP contribution is 2.37. The van der Waals surface area contributed by atoms with Crippen LogP contribution in [0.2, 0.25) is 0 Å². The highest BCUT2D eigenvalue weighted by atomic mass is 28.1. The topological polar surface area (TPSA) is 77.8 Å². The number of benzene rings is 1. The van der Waals surface area contributed by atoms with Gasteiger partial charge < -0.3 is 19.1 Å². The number of aromatic nitrogens is 1. The Hall–Kier alpha value is -2.38. The molecular formula is C21H24NO5Si. The Kier molecular flexibility index (Phi) is 6.05. The van der Waals surface area contributed by atoms with E-state index in [0.29, 0.717) is 19.1 Å². The van der Waals surface area contributed by atoms with E-state index in [1.165, 1.54) is 12.3 Å². The van der Waals surface area contributed by atoms with Crippen LogP contribution in [0, 0.1) is 5.92 Å². The van der Waals surface area contributed by atoms with Crippen LogP contribution in [0.25, 0.3) is 11.3 Å². The maximum atomic E-state index is 12.4. The highest BCUT2D eigenvalue weighted by Gasteiger charge is 2.27. The fourth-order valence-corrected chi connectivity index (χ4v) is 3.99. The average molecular weight is 399 g/mol. The van der Waals surface area contributed by atoms with Crippen molar-refractivity contribution in [3.8, 4) is 17.0 Å². The quantitative estimate of drug-likeness (QED) is 0.571. The van der Waals surface area contributed by atoms with E-state index in [4.69, 9.17) is 9.47 Å². The molecule has 1 unspecified atom stereocenters. The molecule has 1 aliphatic heterocycles. The van der Waals surface area contributed by atoms with Crippen LogP contribution >= 0.6 is 0 Å². The van der Waals surface area contributed by atoms with Crippen LogP contribution < -0.4 is 15.4 Å². The summed E-state index contributed by atoms with van der Waals surface area (Å²) in [5.74, 6) is -0.0366. The molecule has 6 nitrogen and oxygen atoms in total. The molecule has 0 saturated carbocycles. The van der Waals surface area contributed by atoms with Gasteiger partial charge >= 0.3 is 5.97 Å². The number of methoxy groups -OCH3 is 1. The molecule has 0 bridgehead atoms. The number of rotatable bonds is 7. The van der Waals surface area contributed by atoms with Gasteiger partial charge in [-0.05, 0) is 35.6 Å². The molecule has 1 aliphatic rings. The summed E-state index contributed by atoms with van der Waals surface area (Å²) in [6.07, 6.45) is 3.12. The van der Waals surface area contributed by atoms with Gasteiger partial charge in [0, 0.05) is 31.0 Å². The second-order valence-electron chi connectivity index (χ2n) is 7.48. The number of fused-ring (bicyclic) bond motifs is 3. The number of hydrogen-bond acceptors (Lipinski definition) is 4. The van der Waals surface area contributed by atoms with Crippen molar-refractivity contribution in [2.45, 2.75) is 32.7 Å². The van der Waals surface area contributed by atoms with Gasteiger partial charge in [0.1, 0.15) is 17.9 Å². The van der Waals surface area contributed by atoms with Gasteiger partial charge in [0.25, 0.3) is 0 Å². The van der Waals surface area contributed by atoms with Crippen molar-refractivity contribution in [2.75, 3.05) is 20.3 Å². The molecule has 7 heteroatoms. The molecule has 0 amide bonds. The molecule has 0 saturated heterocycles. The van der Waals surface area contributed by atoms with Gasteiger partial charge in [0.2, 0.25) is 0 Å². The summed E-state index contributed by atoms with van der Waals surface area (Å²) in [7, 11) is 5.23. The van der Waals surface area contributed by atoms with E-state index < -0.39 is 11.4 Å². The predicted molar refractivity (Wildman–Crippen MR) is 108 cm³/mol. The fourth-order valence-electron chi connectivity index (χ4n) is 3.71. The molecular weight excluding hydrogens is 374 g/mol. The molecule has 1 atom stereocenters. The van der Waals surface area contributed by atoms with Crippen LogP contribution in [0.5, 0.6) is 5.75 Å². The van der Waals surface area contributed by atoms with Crippen molar-refractivity contribution >= 4 is 21.4 Å². The first kappa shape index (κ1) is 20.4. The molecule has 2 aromatic rings. The SMILES string of the molecule is COCCOc1cc2c(cc1[Si])-c1cc(=O)c(C(=O)O)cn1C(CC(C)C)C2. The van der Waals surface area contributed by atoms with Crippen molar-refractivity contribution in [1.82, 2.24) is 4.57 Å². The van der Waals surface area contributed by atoms with Gasteiger partial charge in [-0.1, -0.05) is 19.9 Å². The monoisotopic (exact) mass is 398 g/mol. The molecule has 147 valence electrons. The van der Waals surface area contributed by atoms with Crippen molar-refractivity contribution in [2.24, 2.45) is 5.92 Å². The Labute approximate surface area is 167 Å². The Balaban J connectivity index is 2.12. The smallest absolute Gasteiger partial charge is 0.341 e. The molecule has 0 fully saturated rings. The third-order valence-corrected chi connectivity index (χ3v) is 5.32. The second kappa shape index (κ2) is 8.32. The lowest BCUT2D eigenvalue weighted by Crippen LogP contribution is -2.27. The van der Waals surface area contributed by atoms with Crippen molar-refractivity contribution in [3.63, 3.8) is 0 Å². The Morgan fingerprint density at radius 1 is 1.32 bits per heavy atom. The number of ether oxygens (including phenoxy) is 2. The zero-order valence-corrected chi connectivity index (χ0v) is 17.3. The van der Waals surface area contributed by atoms with E-state index in [-0.39, 0.29) is 11.6 Å². The zero-order chi connectivity index (χ0) is 20.4. The standard InChI is InChI=1S/C21H24NO5Si/c1-12(2)6-14-7-13-8-19(27-5-4-26-3)20(28)9-15(13)17-10-18(23)16(21(24)25)11-22(14)17/h8-12,14H,4-7H2,1-3H3,(H,24,25). The van der Waals surface area contributed by atoms with Crippen LogP contribution in [0.15, 0.2) is 29.2 Å². The maximum absolute atomic E-state index is 12.4. The normalized spacial score (nSPS) is 15.2. The Morgan fingerprint density at radius 2 is 2.07 bits per heavy atom. The van der Waals surface area contributed by atoms with E-state index in [0.717, 1.165) is 40.6 Å². The summed E-state index contributed by atoms with van der Waals surface area (Å²) in [5, 5.41) is 10.1. The Morgan fingerprint density at radius 3 is 2.71 bits per heavy atom. The van der Waals surface area contributed by atoms with E-state index >= 15 is 0 Å². The molecule has 3 radical (unpaired) electrons. The molecule has 1 N–H and O–H groups in total. The predicted octanol–water partition coefficient (Wildman–Crippen LogP) is 2.18. The summed E-state index contributed by atoms with van der Waals surface area (Å²) in [5.41, 5.74) is 2.07. The van der Waals surface area contributed by atoms with Gasteiger partial charge in [-0.3, -0.25) is 4.79 Å². The summed E-state index contributed by atoms with van der Waals surface area (Å²) in [6, 6.07) is 5.45. The van der Waals surface area contributed by atoms with E-state index in [1.807, 2.05) is 16.7 Å². The van der Waals surface area contributed by atoms with E-state index in [9.17, 15) is 14.7 Å². The number of hydrogen-bond donors (Lipinski definition) is 1. The lowest BCUT2D eigenvalue weighted by molar-refractivity contribution is 0.0694. The first-order chi connectivity index (χ1) is 13.3. The number of carbonyl (C=O) groups is 1. The van der Waals surface area contributed by atoms with Crippen molar-refractivity contribution in [3.05, 3.63) is 45.7 Å². The van der Waals surface area contributed by atoms with Crippen molar-refractivity contribution in [1.29, 1.82) is 0 Å². The lowest BCUT2D eigenvalue weighted by atomic mass is 9.88. The maximum Gasteiger partial charge on any atom is 0.341 e. The zero-order valence-electron chi connectivity index (χ0n) is 16.3. The molecule has 1 aromatic carbocycles. The van der Waals surface area contributed by atoms with Gasteiger partial charge in [0.15, 0.2) is 5.43 Å². The number of carboxylic acid groups (broad SMARTS) is 1. The average Bonchev–Trinajstić information content (AvgIpc) is 2.62. The number of aromatic carboxylic acids is 1. The summed E-state index contributed by atoms with van der Waals surface area (Å²) in [4.78, 5) is 23.8. The number of carboxylic acids is 1. The summed E-state index contributed by atoms with van der Waals surface area (Å²) in [6.45, 7) is 5.21. The van der Waals surface area contributed by atoms with Crippen LogP contribution in [0.1, 0.15) is 42.2 Å². The third-order valence-electron chi connectivity index (χ3n) is 4.93. The lowest BCUT2D eigenvalue weighted by Gasteiger charge is -2.32. The van der Waals surface area contributed by atoms with Crippen LogP contribution in [0.3, 0.4) is 0 Å². The molecule has 2 heterocycles. The minimum Gasteiger partial charge on any atom is -0.491 e. The summed E-state index contributed by atoms with van der Waals surface area (Å²) >= 11 is 0. The molecule has 0 spiro atoms. The largest absolute Gasteiger partial charge is 0.491 e. The van der Waals surface area contributed by atoms with Crippen LogP contribution in [0.4, 0.5) is 0 Å². The van der Waals surface area contributed by atoms with Gasteiger partial charge in [-0.25, -0.2) is 4.79 Å². The molecule has 0 aliphatic carbocycles. The van der Waals surface area contributed by atoms with Gasteiger partial charge in [-0.2, -0.15) is 0 Å². The van der Waals surface area contributed by atoms with Crippen LogP contribution in [-0.2, 0) is 11.2 Å². The van der Waals surface area contributed by atoms with Crippen molar-refractivity contribution < 1.29 is 19.4 Å².